The van der Waals surface area contributed by atoms with E-state index in [4.69, 9.17) is 75.8 Å². The number of Topliss-reactive ketones (excluding diaryl/α,β-unsaturated/α-hetero) is 1. The van der Waals surface area contributed by atoms with Crippen molar-refractivity contribution in [3.63, 3.8) is 0 Å². The zero-order chi connectivity index (χ0) is 65.1. The molecule has 3 saturated carbocycles. The standard InChI is InChI=1S/C64H96O26/c1-29(66)38-20-23-64(74)62(38,8)57(90-58(72)35-16-14-13-15-17-35)55(83-34(6)67)56-61(7)21-19-37(24-36(61)18-22-63(56,64)73)84-43-25-39(75-9)50(30(2)79-43)86-44-26-40(76-10)51(31(3)80-44)87-45-27-41(77-11)52(32(4)81-45)88-60-49(71)54(78-12)53(33(5)82-60)89-59-48(70)47(69)46(68)42(28-65)85-59/h13-18,30-33,37-57,59-60,65,68-71,73-74H,19-28H2,1-12H3/t30?,31?,32?,33?,37-,38+,39?,40?,41?,42?,43?,44?,45?,46?,47?,48?,49?,50?,51?,52?,53?,54?,55-,56?,57+,59?,60?,61-,62-,63-,64+/m1/s1. The fourth-order valence-corrected chi connectivity index (χ4v) is 16.9. The average Bonchev–Trinajstić information content (AvgIpc) is 1.25. The number of methoxy groups -OCH3 is 4. The number of ether oxygens (including phenoxy) is 16. The highest BCUT2D eigenvalue weighted by atomic mass is 16.8. The largest absolute Gasteiger partial charge is 0.458 e. The summed E-state index contributed by atoms with van der Waals surface area (Å²) in [7, 11) is 6.07. The molecule has 26 heteroatoms. The van der Waals surface area contributed by atoms with Crippen LogP contribution in [0.5, 0.6) is 0 Å². The van der Waals surface area contributed by atoms with Crippen molar-refractivity contribution in [1.82, 2.24) is 0 Å². The second-order valence-electron chi connectivity index (χ2n) is 26.7. The molecule has 0 bridgehead atoms. The Bertz CT molecular complexity index is 2650. The number of fused-ring (bicyclic) bond motifs is 5. The van der Waals surface area contributed by atoms with E-state index in [1.165, 1.54) is 28.1 Å². The Labute approximate surface area is 525 Å². The predicted molar refractivity (Wildman–Crippen MR) is 309 cm³/mol. The van der Waals surface area contributed by atoms with E-state index in [2.05, 4.69) is 0 Å². The second-order valence-corrected chi connectivity index (χ2v) is 26.7. The van der Waals surface area contributed by atoms with Crippen molar-refractivity contribution in [2.75, 3.05) is 35.0 Å². The number of aliphatic hydroxyl groups excluding tert-OH is 5. The van der Waals surface area contributed by atoms with E-state index >= 15 is 0 Å². The van der Waals surface area contributed by atoms with Crippen molar-refractivity contribution in [1.29, 1.82) is 0 Å². The van der Waals surface area contributed by atoms with Crippen LogP contribution in [0.25, 0.3) is 0 Å². The molecule has 8 fully saturated rings. The van der Waals surface area contributed by atoms with Crippen LogP contribution in [0.1, 0.15) is 124 Å². The van der Waals surface area contributed by atoms with Crippen LogP contribution in [-0.4, -0.2) is 253 Å². The Morgan fingerprint density at radius 2 is 1.12 bits per heavy atom. The van der Waals surface area contributed by atoms with E-state index in [-0.39, 0.29) is 49.6 Å². The maximum absolute atomic E-state index is 14.0. The number of benzene rings is 1. The third kappa shape index (κ3) is 12.6. The van der Waals surface area contributed by atoms with Crippen LogP contribution < -0.4 is 0 Å². The van der Waals surface area contributed by atoms with Gasteiger partial charge in [0.1, 0.15) is 90.2 Å². The fraction of sp³-hybridized carbons (Fsp3) is 0.828. The van der Waals surface area contributed by atoms with Crippen molar-refractivity contribution in [3.8, 4) is 0 Å². The number of carbonyl (C=O) groups excluding carboxylic acids is 3. The molecule has 23 unspecified atom stereocenters. The van der Waals surface area contributed by atoms with Gasteiger partial charge in [-0.25, -0.2) is 4.79 Å². The molecule has 90 heavy (non-hydrogen) atoms. The van der Waals surface area contributed by atoms with Crippen LogP contribution in [0.3, 0.4) is 0 Å². The maximum atomic E-state index is 14.0. The van der Waals surface area contributed by atoms with E-state index in [1.807, 2.05) is 26.8 Å². The van der Waals surface area contributed by atoms with Gasteiger partial charge < -0.3 is 112 Å². The van der Waals surface area contributed by atoms with Crippen molar-refractivity contribution < 1.29 is 126 Å². The average molecular weight is 1280 g/mol. The maximum Gasteiger partial charge on any atom is 0.338 e. The Hall–Kier alpha value is -3.27. The molecule has 10 rings (SSSR count). The highest BCUT2D eigenvalue weighted by molar-refractivity contribution is 5.89. The van der Waals surface area contributed by atoms with Gasteiger partial charge in [-0.05, 0) is 90.7 Å². The smallest absolute Gasteiger partial charge is 0.338 e. The molecule has 4 aliphatic carbocycles. The van der Waals surface area contributed by atoms with Crippen LogP contribution in [0.15, 0.2) is 42.0 Å². The monoisotopic (exact) mass is 1280 g/mol. The van der Waals surface area contributed by atoms with Gasteiger partial charge in [0, 0.05) is 71.9 Å². The van der Waals surface area contributed by atoms with E-state index < -0.39 is 200 Å². The molecule has 508 valence electrons. The highest BCUT2D eigenvalue weighted by Gasteiger charge is 2.81. The van der Waals surface area contributed by atoms with E-state index in [1.54, 1.807) is 65.3 Å². The van der Waals surface area contributed by atoms with Crippen LogP contribution in [0.4, 0.5) is 0 Å². The van der Waals surface area contributed by atoms with Gasteiger partial charge in [-0.3, -0.25) is 9.59 Å². The molecular weight excluding hydrogens is 1180 g/mol. The molecule has 5 heterocycles. The fourth-order valence-electron chi connectivity index (χ4n) is 16.9. The van der Waals surface area contributed by atoms with Crippen LogP contribution >= 0.6 is 0 Å². The lowest BCUT2D eigenvalue weighted by atomic mass is 9.42. The van der Waals surface area contributed by atoms with Gasteiger partial charge >= 0.3 is 11.9 Å². The lowest BCUT2D eigenvalue weighted by molar-refractivity contribution is -0.374. The summed E-state index contributed by atoms with van der Waals surface area (Å²) in [5.41, 5.74) is -5.06. The summed E-state index contributed by atoms with van der Waals surface area (Å²) in [4.78, 5) is 40.8. The molecule has 1 aromatic rings. The number of carbonyl (C=O) groups is 3. The number of rotatable bonds is 19. The summed E-state index contributed by atoms with van der Waals surface area (Å²) < 4.78 is 100. The molecule has 0 amide bonds. The van der Waals surface area contributed by atoms with Crippen molar-refractivity contribution in [2.45, 2.75) is 278 Å². The minimum absolute atomic E-state index is 0.0100. The third-order valence-electron chi connectivity index (χ3n) is 21.6. The van der Waals surface area contributed by atoms with Crippen molar-refractivity contribution in [2.24, 2.45) is 22.7 Å². The summed E-state index contributed by atoms with van der Waals surface area (Å²) >= 11 is 0. The number of aliphatic hydroxyl groups is 7. The Kier molecular flexibility index (Phi) is 21.5. The number of ketones is 1. The number of esters is 2. The molecule has 0 aromatic heterocycles. The zero-order valence-electron chi connectivity index (χ0n) is 53.5. The summed E-state index contributed by atoms with van der Waals surface area (Å²) in [5.74, 6) is -3.36. The molecule has 26 nitrogen and oxygen atoms in total. The van der Waals surface area contributed by atoms with E-state index in [0.29, 0.717) is 25.7 Å². The SMILES string of the molecule is COC1CC(O[C@@H]2CC[C@]3(C)C(=CC[C@@]4(O)C3[C@@H](OC(C)=O)[C@H](OC(=O)c3ccccc3)[C@@]3(C)[C@H](C(C)=O)CC[C@]34O)C2)OC(C)C1OC1CC(OC)C(OC2CC(OC)C(OC3OC(C)C(OC4OC(CO)C(O)C(O)C4O)C(OC)C3O)C(C)O2)C(C)O1. The first-order valence-corrected chi connectivity index (χ1v) is 31.8. The lowest BCUT2D eigenvalue weighted by Crippen LogP contribution is -2.80. The van der Waals surface area contributed by atoms with E-state index in [0.717, 1.165) is 5.57 Å². The molecule has 1 aromatic carbocycles. The third-order valence-corrected chi connectivity index (χ3v) is 21.6. The minimum Gasteiger partial charge on any atom is -0.458 e. The zero-order valence-corrected chi connectivity index (χ0v) is 53.5. The van der Waals surface area contributed by atoms with Gasteiger partial charge in [0.25, 0.3) is 0 Å². The first kappa shape index (κ1) is 69.6. The topological polar surface area (TPSA) is 340 Å². The molecule has 5 aliphatic heterocycles. The van der Waals surface area contributed by atoms with Gasteiger partial charge in [0.05, 0.1) is 61.0 Å². The normalized spacial score (nSPS) is 48.7. The summed E-state index contributed by atoms with van der Waals surface area (Å²) in [6.07, 6.45) is -19.5. The van der Waals surface area contributed by atoms with Gasteiger partial charge in [-0.15, -0.1) is 0 Å². The van der Waals surface area contributed by atoms with Crippen molar-refractivity contribution >= 4 is 17.7 Å². The lowest BCUT2D eigenvalue weighted by Gasteiger charge is -2.68. The molecule has 0 radical (unpaired) electrons. The summed E-state index contributed by atoms with van der Waals surface area (Å²) in [6, 6.07) is 8.37. The molecule has 5 saturated heterocycles. The quantitative estimate of drug-likeness (QED) is 0.0770. The number of hydrogen-bond acceptors (Lipinski definition) is 26. The first-order valence-electron chi connectivity index (χ1n) is 31.8. The first-order chi connectivity index (χ1) is 42.7. The number of hydrogen-bond donors (Lipinski definition) is 7. The Morgan fingerprint density at radius 3 is 1.66 bits per heavy atom. The van der Waals surface area contributed by atoms with Crippen LogP contribution in [-0.2, 0) is 85.4 Å². The summed E-state index contributed by atoms with van der Waals surface area (Å²) in [5, 5.41) is 79.0. The highest BCUT2D eigenvalue weighted by Crippen LogP contribution is 2.71. The van der Waals surface area contributed by atoms with Crippen LogP contribution in [0.2, 0.25) is 0 Å². The van der Waals surface area contributed by atoms with Gasteiger partial charge in [0.2, 0.25) is 0 Å². The molecule has 0 spiro atoms. The van der Waals surface area contributed by atoms with Crippen LogP contribution in [0, 0.1) is 22.7 Å². The van der Waals surface area contributed by atoms with Gasteiger partial charge in [-0.2, -0.15) is 0 Å². The molecule has 31 atom stereocenters. The minimum atomic E-state index is -1.92. The Balaban J connectivity index is 0.746. The molecule has 9 aliphatic rings. The predicted octanol–water partition coefficient (Wildman–Crippen LogP) is 2.06. The summed E-state index contributed by atoms with van der Waals surface area (Å²) in [6.45, 7) is 12.9. The molecule has 7 N–H and O–H groups in total. The molecular formula is C64H96O26. The van der Waals surface area contributed by atoms with Gasteiger partial charge in [0.15, 0.2) is 31.5 Å². The second kappa shape index (κ2) is 27.8. The van der Waals surface area contributed by atoms with E-state index in [9.17, 15) is 50.1 Å². The Morgan fingerprint density at radius 1 is 0.589 bits per heavy atom. The van der Waals surface area contributed by atoms with Crippen molar-refractivity contribution in [3.05, 3.63) is 47.5 Å². The van der Waals surface area contributed by atoms with Gasteiger partial charge in [-0.1, -0.05) is 43.7 Å².